The zero-order chi connectivity index (χ0) is 17.5. The van der Waals surface area contributed by atoms with E-state index in [1.54, 1.807) is 42.5 Å². The van der Waals surface area contributed by atoms with Crippen molar-refractivity contribution in [3.05, 3.63) is 58.6 Å². The molecule has 2 aromatic rings. The third-order valence-electron chi connectivity index (χ3n) is 3.24. The maximum atomic E-state index is 12.0. The van der Waals surface area contributed by atoms with E-state index in [4.69, 9.17) is 16.3 Å². The minimum absolute atomic E-state index is 0.302. The molecule has 0 aliphatic heterocycles. The minimum atomic E-state index is -0.402. The molecule has 0 saturated heterocycles. The van der Waals surface area contributed by atoms with E-state index in [9.17, 15) is 9.59 Å². The van der Waals surface area contributed by atoms with Crippen LogP contribution in [0.15, 0.2) is 42.5 Å². The van der Waals surface area contributed by atoms with Gasteiger partial charge in [0.25, 0.3) is 0 Å². The lowest BCUT2D eigenvalue weighted by atomic mass is 10.1. The van der Waals surface area contributed by atoms with Crippen molar-refractivity contribution in [1.29, 1.82) is 0 Å². The van der Waals surface area contributed by atoms with Crippen LogP contribution in [0.3, 0.4) is 0 Å². The van der Waals surface area contributed by atoms with E-state index in [0.717, 1.165) is 5.56 Å². The van der Waals surface area contributed by atoms with Gasteiger partial charge in [-0.05, 0) is 35.9 Å². The van der Waals surface area contributed by atoms with Crippen molar-refractivity contribution in [3.63, 3.8) is 0 Å². The SMILES string of the molecule is COC(=O)c1ccc(CNC(=O)Nc2cc(Cl)ccc2OC)cc1. The molecule has 126 valence electrons. The summed E-state index contributed by atoms with van der Waals surface area (Å²) < 4.78 is 9.80. The van der Waals surface area contributed by atoms with Gasteiger partial charge in [-0.25, -0.2) is 9.59 Å². The van der Waals surface area contributed by atoms with Crippen molar-refractivity contribution >= 4 is 29.3 Å². The van der Waals surface area contributed by atoms with Crippen molar-refractivity contribution < 1.29 is 19.1 Å². The second kappa shape index (κ2) is 8.21. The van der Waals surface area contributed by atoms with Crippen molar-refractivity contribution in [2.45, 2.75) is 6.54 Å². The van der Waals surface area contributed by atoms with Gasteiger partial charge in [0.2, 0.25) is 0 Å². The zero-order valence-corrected chi connectivity index (χ0v) is 14.0. The first-order valence-electron chi connectivity index (χ1n) is 7.09. The highest BCUT2D eigenvalue weighted by atomic mass is 35.5. The van der Waals surface area contributed by atoms with Crippen LogP contribution < -0.4 is 15.4 Å². The van der Waals surface area contributed by atoms with E-state index < -0.39 is 12.0 Å². The molecule has 0 spiro atoms. The van der Waals surface area contributed by atoms with E-state index in [1.165, 1.54) is 14.2 Å². The fraction of sp³-hybridized carbons (Fsp3) is 0.176. The lowest BCUT2D eigenvalue weighted by Gasteiger charge is -2.11. The Kier molecular flexibility index (Phi) is 6.03. The Hall–Kier alpha value is -2.73. The van der Waals surface area contributed by atoms with Crippen molar-refractivity contribution in [2.75, 3.05) is 19.5 Å². The topological polar surface area (TPSA) is 76.7 Å². The lowest BCUT2D eigenvalue weighted by Crippen LogP contribution is -2.28. The first-order chi connectivity index (χ1) is 11.5. The molecule has 0 fully saturated rings. The monoisotopic (exact) mass is 348 g/mol. The van der Waals surface area contributed by atoms with Crippen LogP contribution in [0.2, 0.25) is 5.02 Å². The number of esters is 1. The third kappa shape index (κ3) is 4.63. The van der Waals surface area contributed by atoms with Gasteiger partial charge in [-0.15, -0.1) is 0 Å². The van der Waals surface area contributed by atoms with Crippen molar-refractivity contribution in [3.8, 4) is 5.75 Å². The summed E-state index contributed by atoms with van der Waals surface area (Å²) in [5.41, 5.74) is 1.77. The number of hydrogen-bond donors (Lipinski definition) is 2. The molecule has 2 amide bonds. The second-order valence-corrected chi connectivity index (χ2v) is 5.28. The Morgan fingerprint density at radius 2 is 1.79 bits per heavy atom. The Balaban J connectivity index is 1.94. The summed E-state index contributed by atoms with van der Waals surface area (Å²) in [6, 6.07) is 11.3. The van der Waals surface area contributed by atoms with Crippen LogP contribution >= 0.6 is 11.6 Å². The molecule has 0 saturated carbocycles. The summed E-state index contributed by atoms with van der Waals surface area (Å²) in [6.45, 7) is 0.302. The van der Waals surface area contributed by atoms with Gasteiger partial charge in [0.1, 0.15) is 5.75 Å². The van der Waals surface area contributed by atoms with Gasteiger partial charge in [0.05, 0.1) is 25.5 Å². The number of halogens is 1. The lowest BCUT2D eigenvalue weighted by molar-refractivity contribution is 0.0600. The smallest absolute Gasteiger partial charge is 0.337 e. The quantitative estimate of drug-likeness (QED) is 0.811. The molecule has 0 heterocycles. The summed E-state index contributed by atoms with van der Waals surface area (Å²) in [4.78, 5) is 23.3. The number of ether oxygens (including phenoxy) is 2. The van der Waals surface area contributed by atoms with Crippen LogP contribution in [0.25, 0.3) is 0 Å². The Morgan fingerprint density at radius 3 is 2.42 bits per heavy atom. The Morgan fingerprint density at radius 1 is 1.08 bits per heavy atom. The van der Waals surface area contributed by atoms with E-state index in [2.05, 4.69) is 15.4 Å². The summed E-state index contributed by atoms with van der Waals surface area (Å²) in [5.74, 6) is 0.109. The number of carbonyl (C=O) groups excluding carboxylic acids is 2. The molecule has 2 rings (SSSR count). The number of methoxy groups -OCH3 is 2. The number of anilines is 1. The van der Waals surface area contributed by atoms with Crippen molar-refractivity contribution in [2.24, 2.45) is 0 Å². The summed E-state index contributed by atoms with van der Waals surface area (Å²) in [7, 11) is 2.83. The Bertz CT molecular complexity index is 732. The standard InChI is InChI=1S/C17H17ClN2O4/c1-23-15-8-7-13(18)9-14(15)20-17(22)19-10-11-3-5-12(6-4-11)16(21)24-2/h3-9H,10H2,1-2H3,(H2,19,20,22). The van der Waals surface area contributed by atoms with E-state index in [0.29, 0.717) is 28.6 Å². The summed E-state index contributed by atoms with van der Waals surface area (Å²) in [6.07, 6.45) is 0. The number of nitrogens with one attached hydrogen (secondary N) is 2. The average Bonchev–Trinajstić information content (AvgIpc) is 2.60. The van der Waals surface area contributed by atoms with Gasteiger partial charge < -0.3 is 20.1 Å². The molecule has 24 heavy (non-hydrogen) atoms. The molecular formula is C17H17ClN2O4. The first kappa shape index (κ1) is 17.6. The Labute approximate surface area is 144 Å². The fourth-order valence-electron chi connectivity index (χ4n) is 2.00. The molecular weight excluding hydrogens is 332 g/mol. The van der Waals surface area contributed by atoms with Crippen LogP contribution in [-0.4, -0.2) is 26.2 Å². The molecule has 7 heteroatoms. The molecule has 0 aliphatic carbocycles. The van der Waals surface area contributed by atoms with Gasteiger partial charge in [-0.2, -0.15) is 0 Å². The molecule has 2 aromatic carbocycles. The number of carbonyl (C=O) groups is 2. The summed E-state index contributed by atoms with van der Waals surface area (Å²) >= 11 is 5.92. The van der Waals surface area contributed by atoms with Gasteiger partial charge in [-0.1, -0.05) is 23.7 Å². The highest BCUT2D eigenvalue weighted by molar-refractivity contribution is 6.31. The zero-order valence-electron chi connectivity index (χ0n) is 13.3. The van der Waals surface area contributed by atoms with E-state index in [1.807, 2.05) is 0 Å². The van der Waals surface area contributed by atoms with Crippen LogP contribution in [0.1, 0.15) is 15.9 Å². The molecule has 0 atom stereocenters. The molecule has 0 radical (unpaired) electrons. The molecule has 0 unspecified atom stereocenters. The van der Waals surface area contributed by atoms with E-state index >= 15 is 0 Å². The maximum Gasteiger partial charge on any atom is 0.337 e. The largest absolute Gasteiger partial charge is 0.495 e. The van der Waals surface area contributed by atoms with E-state index in [-0.39, 0.29) is 0 Å². The predicted octanol–water partition coefficient (Wildman–Crippen LogP) is 3.46. The molecule has 0 bridgehead atoms. The highest BCUT2D eigenvalue weighted by Crippen LogP contribution is 2.27. The fourth-order valence-corrected chi connectivity index (χ4v) is 2.18. The molecule has 6 nitrogen and oxygen atoms in total. The van der Waals surface area contributed by atoms with Crippen LogP contribution in [0.5, 0.6) is 5.75 Å². The van der Waals surface area contributed by atoms with Gasteiger partial charge >= 0.3 is 12.0 Å². The first-order valence-corrected chi connectivity index (χ1v) is 7.47. The van der Waals surface area contributed by atoms with Gasteiger partial charge in [-0.3, -0.25) is 0 Å². The number of benzene rings is 2. The van der Waals surface area contributed by atoms with Gasteiger partial charge in [0.15, 0.2) is 0 Å². The van der Waals surface area contributed by atoms with Crippen LogP contribution in [0.4, 0.5) is 10.5 Å². The maximum absolute atomic E-state index is 12.0. The average molecular weight is 349 g/mol. The number of urea groups is 1. The second-order valence-electron chi connectivity index (χ2n) is 4.84. The normalized spacial score (nSPS) is 9.96. The predicted molar refractivity (Wildman–Crippen MR) is 91.6 cm³/mol. The number of amides is 2. The molecule has 0 aromatic heterocycles. The van der Waals surface area contributed by atoms with Crippen LogP contribution in [-0.2, 0) is 11.3 Å². The number of rotatable bonds is 5. The highest BCUT2D eigenvalue weighted by Gasteiger charge is 2.09. The van der Waals surface area contributed by atoms with Crippen LogP contribution in [0, 0.1) is 0 Å². The third-order valence-corrected chi connectivity index (χ3v) is 3.47. The summed E-state index contributed by atoms with van der Waals surface area (Å²) in [5, 5.41) is 5.88. The minimum Gasteiger partial charge on any atom is -0.495 e. The molecule has 2 N–H and O–H groups in total. The van der Waals surface area contributed by atoms with Gasteiger partial charge in [0, 0.05) is 11.6 Å². The van der Waals surface area contributed by atoms with Crippen molar-refractivity contribution in [1.82, 2.24) is 5.32 Å². The molecule has 0 aliphatic rings. The number of hydrogen-bond acceptors (Lipinski definition) is 4.